The SMILES string of the molecule is CC(C)CC1(c2nc3ccc(Cl)cc3[nH]2)CCCC1. The highest BCUT2D eigenvalue weighted by molar-refractivity contribution is 6.31. The Morgan fingerprint density at radius 3 is 2.74 bits per heavy atom. The minimum absolute atomic E-state index is 0.264. The normalized spacial score (nSPS) is 18.5. The van der Waals surface area contributed by atoms with Crippen molar-refractivity contribution in [2.75, 3.05) is 0 Å². The van der Waals surface area contributed by atoms with E-state index < -0.39 is 0 Å². The van der Waals surface area contributed by atoms with Crippen LogP contribution in [0.5, 0.6) is 0 Å². The minimum Gasteiger partial charge on any atom is -0.341 e. The van der Waals surface area contributed by atoms with Crippen LogP contribution in [-0.2, 0) is 5.41 Å². The number of hydrogen-bond donors (Lipinski definition) is 1. The molecule has 3 rings (SSSR count). The highest BCUT2D eigenvalue weighted by atomic mass is 35.5. The van der Waals surface area contributed by atoms with E-state index in [2.05, 4.69) is 18.8 Å². The molecule has 0 aliphatic heterocycles. The number of aromatic amines is 1. The van der Waals surface area contributed by atoms with Gasteiger partial charge >= 0.3 is 0 Å². The molecule has 19 heavy (non-hydrogen) atoms. The summed E-state index contributed by atoms with van der Waals surface area (Å²) in [6, 6.07) is 5.90. The average molecular weight is 277 g/mol. The predicted octanol–water partition coefficient (Wildman–Crippen LogP) is 5.07. The number of nitrogens with one attached hydrogen (secondary N) is 1. The molecule has 0 amide bonds. The monoisotopic (exact) mass is 276 g/mol. The molecule has 1 saturated carbocycles. The molecule has 2 nitrogen and oxygen atoms in total. The van der Waals surface area contributed by atoms with Gasteiger partial charge in [-0.3, -0.25) is 0 Å². The number of imidazole rings is 1. The summed E-state index contributed by atoms with van der Waals surface area (Å²) in [6.07, 6.45) is 6.40. The van der Waals surface area contributed by atoms with Gasteiger partial charge in [0.25, 0.3) is 0 Å². The van der Waals surface area contributed by atoms with E-state index >= 15 is 0 Å². The number of H-pyrrole nitrogens is 1. The molecule has 1 aliphatic rings. The predicted molar refractivity (Wildman–Crippen MR) is 80.7 cm³/mol. The van der Waals surface area contributed by atoms with Crippen molar-refractivity contribution >= 4 is 22.6 Å². The average Bonchev–Trinajstić information content (AvgIpc) is 2.94. The fraction of sp³-hybridized carbons (Fsp3) is 0.562. The lowest BCUT2D eigenvalue weighted by Gasteiger charge is -2.28. The first-order chi connectivity index (χ1) is 9.09. The zero-order valence-electron chi connectivity index (χ0n) is 11.7. The molecule has 0 atom stereocenters. The maximum atomic E-state index is 6.06. The van der Waals surface area contributed by atoms with Gasteiger partial charge in [-0.15, -0.1) is 0 Å². The first-order valence-electron chi connectivity index (χ1n) is 7.25. The molecular formula is C16H21ClN2. The van der Waals surface area contributed by atoms with Gasteiger partial charge in [-0.1, -0.05) is 38.3 Å². The van der Waals surface area contributed by atoms with E-state index in [9.17, 15) is 0 Å². The molecule has 0 bridgehead atoms. The van der Waals surface area contributed by atoms with Crippen LogP contribution in [-0.4, -0.2) is 9.97 Å². The third-order valence-corrected chi connectivity index (χ3v) is 4.54. The van der Waals surface area contributed by atoms with Crippen LogP contribution in [0.15, 0.2) is 18.2 Å². The van der Waals surface area contributed by atoms with Gasteiger partial charge in [0.2, 0.25) is 0 Å². The third kappa shape index (κ3) is 2.38. The van der Waals surface area contributed by atoms with Crippen molar-refractivity contribution in [1.82, 2.24) is 9.97 Å². The molecule has 1 aromatic heterocycles. The number of hydrogen-bond acceptors (Lipinski definition) is 1. The Kier molecular flexibility index (Phi) is 3.30. The van der Waals surface area contributed by atoms with Crippen LogP contribution in [0.3, 0.4) is 0 Å². The zero-order valence-corrected chi connectivity index (χ0v) is 12.4. The second-order valence-corrected chi connectivity index (χ2v) is 6.77. The summed E-state index contributed by atoms with van der Waals surface area (Å²) in [7, 11) is 0. The van der Waals surface area contributed by atoms with Gasteiger partial charge in [0.05, 0.1) is 11.0 Å². The summed E-state index contributed by atoms with van der Waals surface area (Å²) >= 11 is 6.06. The Balaban J connectivity index is 2.05. The number of benzene rings is 1. The standard InChI is InChI=1S/C16H21ClN2/c1-11(2)10-16(7-3-4-8-16)15-18-13-6-5-12(17)9-14(13)19-15/h5-6,9,11H,3-4,7-8,10H2,1-2H3,(H,18,19). The Bertz CT molecular complexity index is 579. The van der Waals surface area contributed by atoms with Crippen molar-refractivity contribution in [3.63, 3.8) is 0 Å². The fourth-order valence-corrected chi connectivity index (χ4v) is 3.78. The molecule has 0 spiro atoms. The molecule has 3 heteroatoms. The van der Waals surface area contributed by atoms with Gasteiger partial charge in [-0.2, -0.15) is 0 Å². The van der Waals surface area contributed by atoms with Crippen LogP contribution < -0.4 is 0 Å². The molecule has 1 N–H and O–H groups in total. The van der Waals surface area contributed by atoms with E-state index in [1.807, 2.05) is 18.2 Å². The van der Waals surface area contributed by atoms with Gasteiger partial charge in [-0.05, 0) is 43.4 Å². The Hall–Kier alpha value is -1.02. The van der Waals surface area contributed by atoms with Crippen molar-refractivity contribution in [3.8, 4) is 0 Å². The van der Waals surface area contributed by atoms with E-state index in [0.29, 0.717) is 5.92 Å². The maximum Gasteiger partial charge on any atom is 0.113 e. The van der Waals surface area contributed by atoms with Crippen LogP contribution >= 0.6 is 11.6 Å². The van der Waals surface area contributed by atoms with Gasteiger partial charge in [0.1, 0.15) is 5.82 Å². The Morgan fingerprint density at radius 2 is 2.05 bits per heavy atom. The Morgan fingerprint density at radius 1 is 1.32 bits per heavy atom. The highest BCUT2D eigenvalue weighted by Crippen LogP contribution is 2.44. The molecule has 1 heterocycles. The van der Waals surface area contributed by atoms with Crippen LogP contribution in [0, 0.1) is 5.92 Å². The van der Waals surface area contributed by atoms with Crippen molar-refractivity contribution in [1.29, 1.82) is 0 Å². The van der Waals surface area contributed by atoms with Crippen LogP contribution in [0.25, 0.3) is 11.0 Å². The summed E-state index contributed by atoms with van der Waals surface area (Å²) in [5.41, 5.74) is 2.37. The number of rotatable bonds is 3. The molecule has 0 unspecified atom stereocenters. The second kappa shape index (κ2) is 4.82. The van der Waals surface area contributed by atoms with E-state index in [1.54, 1.807) is 0 Å². The quantitative estimate of drug-likeness (QED) is 0.833. The van der Waals surface area contributed by atoms with E-state index in [1.165, 1.54) is 37.9 Å². The molecule has 1 aliphatic carbocycles. The topological polar surface area (TPSA) is 28.7 Å². The van der Waals surface area contributed by atoms with Crippen molar-refractivity contribution < 1.29 is 0 Å². The van der Waals surface area contributed by atoms with Crippen molar-refractivity contribution in [3.05, 3.63) is 29.0 Å². The van der Waals surface area contributed by atoms with Gasteiger partial charge in [-0.25, -0.2) is 4.98 Å². The molecule has 0 saturated heterocycles. The summed E-state index contributed by atoms with van der Waals surface area (Å²) in [5, 5.41) is 0.770. The summed E-state index contributed by atoms with van der Waals surface area (Å²) < 4.78 is 0. The maximum absolute atomic E-state index is 6.06. The van der Waals surface area contributed by atoms with Gasteiger partial charge in [0.15, 0.2) is 0 Å². The van der Waals surface area contributed by atoms with E-state index in [-0.39, 0.29) is 5.41 Å². The number of halogens is 1. The van der Waals surface area contributed by atoms with Gasteiger partial charge in [0, 0.05) is 10.4 Å². The van der Waals surface area contributed by atoms with E-state index in [0.717, 1.165) is 16.1 Å². The van der Waals surface area contributed by atoms with Crippen molar-refractivity contribution in [2.45, 2.75) is 51.4 Å². The number of nitrogens with zero attached hydrogens (tertiary/aromatic N) is 1. The van der Waals surface area contributed by atoms with Crippen molar-refractivity contribution in [2.24, 2.45) is 5.92 Å². The molecule has 1 fully saturated rings. The van der Waals surface area contributed by atoms with Crippen LogP contribution in [0.1, 0.15) is 51.8 Å². The molecule has 102 valence electrons. The van der Waals surface area contributed by atoms with Gasteiger partial charge < -0.3 is 4.98 Å². The summed E-state index contributed by atoms with van der Waals surface area (Å²) in [5.74, 6) is 1.88. The van der Waals surface area contributed by atoms with Crippen LogP contribution in [0.4, 0.5) is 0 Å². The first-order valence-corrected chi connectivity index (χ1v) is 7.63. The molecule has 0 radical (unpaired) electrons. The van der Waals surface area contributed by atoms with Crippen LogP contribution in [0.2, 0.25) is 5.02 Å². The largest absolute Gasteiger partial charge is 0.341 e. The summed E-state index contributed by atoms with van der Waals surface area (Å²) in [6.45, 7) is 4.61. The highest BCUT2D eigenvalue weighted by Gasteiger charge is 2.38. The second-order valence-electron chi connectivity index (χ2n) is 6.33. The number of fused-ring (bicyclic) bond motifs is 1. The Labute approximate surface area is 119 Å². The molecule has 2 aromatic rings. The molecular weight excluding hydrogens is 256 g/mol. The smallest absolute Gasteiger partial charge is 0.113 e. The number of aromatic nitrogens is 2. The first kappa shape index (κ1) is 13.0. The minimum atomic E-state index is 0.264. The lowest BCUT2D eigenvalue weighted by Crippen LogP contribution is -2.25. The third-order valence-electron chi connectivity index (χ3n) is 4.31. The summed E-state index contributed by atoms with van der Waals surface area (Å²) in [4.78, 5) is 8.38. The fourth-order valence-electron chi connectivity index (χ4n) is 3.60. The lowest BCUT2D eigenvalue weighted by molar-refractivity contribution is 0.332. The molecule has 1 aromatic carbocycles. The lowest BCUT2D eigenvalue weighted by atomic mass is 9.78. The van der Waals surface area contributed by atoms with E-state index in [4.69, 9.17) is 16.6 Å². The zero-order chi connectivity index (χ0) is 13.5.